The van der Waals surface area contributed by atoms with Crippen LogP contribution in [0.3, 0.4) is 0 Å². The van der Waals surface area contributed by atoms with Gasteiger partial charge >= 0.3 is 5.97 Å². The molecule has 102 valence electrons. The highest BCUT2D eigenvalue weighted by Crippen LogP contribution is 2.12. The third-order valence-electron chi connectivity index (χ3n) is 2.52. The molecule has 2 rings (SSSR count). The normalized spacial score (nSPS) is 10.1. The summed E-state index contributed by atoms with van der Waals surface area (Å²) in [6, 6.07) is 6.11. The summed E-state index contributed by atoms with van der Waals surface area (Å²) in [6.07, 6.45) is 1.56. The number of carboxylic acids is 1. The van der Waals surface area contributed by atoms with Gasteiger partial charge in [-0.3, -0.25) is 4.79 Å². The Morgan fingerprint density at radius 3 is 2.55 bits per heavy atom. The van der Waals surface area contributed by atoms with Crippen molar-refractivity contribution in [1.82, 2.24) is 9.97 Å². The topological polar surface area (TPSA) is 92.2 Å². The second-order valence-corrected chi connectivity index (χ2v) is 4.87. The van der Waals surface area contributed by atoms with Crippen LogP contribution in [-0.4, -0.2) is 27.0 Å². The van der Waals surface area contributed by atoms with Crippen molar-refractivity contribution in [2.24, 2.45) is 0 Å². The molecule has 6 nitrogen and oxygen atoms in total. The van der Waals surface area contributed by atoms with Crippen molar-refractivity contribution in [3.05, 3.63) is 51.9 Å². The number of anilines is 1. The first-order valence-electron chi connectivity index (χ1n) is 5.61. The molecular formula is C13H10BrN3O3. The van der Waals surface area contributed by atoms with E-state index in [4.69, 9.17) is 5.11 Å². The van der Waals surface area contributed by atoms with Gasteiger partial charge in [-0.15, -0.1) is 0 Å². The lowest BCUT2D eigenvalue weighted by Crippen LogP contribution is -2.16. The van der Waals surface area contributed by atoms with Crippen LogP contribution >= 0.6 is 15.9 Å². The van der Waals surface area contributed by atoms with E-state index in [9.17, 15) is 9.59 Å². The lowest BCUT2D eigenvalue weighted by molar-refractivity contribution is 0.0695. The summed E-state index contributed by atoms with van der Waals surface area (Å²) < 4.78 is 0.801. The highest BCUT2D eigenvalue weighted by molar-refractivity contribution is 9.10. The van der Waals surface area contributed by atoms with Gasteiger partial charge in [-0.05, 0) is 47.1 Å². The van der Waals surface area contributed by atoms with E-state index in [-0.39, 0.29) is 17.0 Å². The number of carbonyl (C=O) groups is 2. The Labute approximate surface area is 123 Å². The van der Waals surface area contributed by atoms with E-state index in [1.807, 2.05) is 0 Å². The van der Waals surface area contributed by atoms with E-state index >= 15 is 0 Å². The minimum absolute atomic E-state index is 0.0725. The molecule has 0 aliphatic rings. The zero-order valence-corrected chi connectivity index (χ0v) is 12.0. The molecule has 0 spiro atoms. The number of hydrogen-bond donors (Lipinski definition) is 2. The lowest BCUT2D eigenvalue weighted by Gasteiger charge is -2.06. The van der Waals surface area contributed by atoms with E-state index in [0.29, 0.717) is 5.82 Å². The molecule has 0 saturated carbocycles. The Morgan fingerprint density at radius 1 is 1.25 bits per heavy atom. The predicted molar refractivity (Wildman–Crippen MR) is 75.8 cm³/mol. The Morgan fingerprint density at radius 2 is 2.00 bits per heavy atom. The summed E-state index contributed by atoms with van der Waals surface area (Å²) in [7, 11) is 0. The number of aromatic nitrogens is 2. The number of pyridine rings is 2. The molecule has 7 heteroatoms. The maximum absolute atomic E-state index is 12.0. The van der Waals surface area contributed by atoms with E-state index in [1.165, 1.54) is 19.1 Å². The third-order valence-corrected chi connectivity index (χ3v) is 2.99. The molecule has 0 saturated heterocycles. The van der Waals surface area contributed by atoms with Gasteiger partial charge in [0.2, 0.25) is 0 Å². The van der Waals surface area contributed by atoms with Gasteiger partial charge in [-0.1, -0.05) is 0 Å². The molecule has 2 N–H and O–H groups in total. The number of aryl methyl sites for hydroxylation is 1. The minimum atomic E-state index is -1.07. The monoisotopic (exact) mass is 335 g/mol. The van der Waals surface area contributed by atoms with Gasteiger partial charge in [0.15, 0.2) is 0 Å². The SMILES string of the molecule is Cc1nc(C(=O)Nc2ccc(Br)cn2)ccc1C(=O)O. The largest absolute Gasteiger partial charge is 0.478 e. The van der Waals surface area contributed by atoms with Crippen LogP contribution < -0.4 is 5.32 Å². The smallest absolute Gasteiger partial charge is 0.337 e. The van der Waals surface area contributed by atoms with Crippen molar-refractivity contribution in [3.63, 3.8) is 0 Å². The van der Waals surface area contributed by atoms with E-state index < -0.39 is 11.9 Å². The average Bonchev–Trinajstić information content (AvgIpc) is 2.40. The van der Waals surface area contributed by atoms with Crippen molar-refractivity contribution < 1.29 is 14.7 Å². The van der Waals surface area contributed by atoms with E-state index in [0.717, 1.165) is 4.47 Å². The van der Waals surface area contributed by atoms with Gasteiger partial charge in [0.1, 0.15) is 11.5 Å². The minimum Gasteiger partial charge on any atom is -0.478 e. The Kier molecular flexibility index (Phi) is 4.09. The predicted octanol–water partition coefficient (Wildman–Crippen LogP) is 2.50. The first kappa shape index (κ1) is 14.1. The first-order valence-corrected chi connectivity index (χ1v) is 6.40. The molecule has 2 aromatic heterocycles. The quantitative estimate of drug-likeness (QED) is 0.898. The molecule has 0 unspecified atom stereocenters. The molecule has 0 atom stereocenters. The van der Waals surface area contributed by atoms with Crippen LogP contribution in [0.4, 0.5) is 5.82 Å². The molecule has 2 heterocycles. The molecule has 0 bridgehead atoms. The van der Waals surface area contributed by atoms with Gasteiger partial charge in [0, 0.05) is 10.7 Å². The summed E-state index contributed by atoms with van der Waals surface area (Å²) in [5.41, 5.74) is 0.495. The second kappa shape index (κ2) is 5.79. The molecule has 0 aliphatic carbocycles. The van der Waals surface area contributed by atoms with Gasteiger partial charge in [0.25, 0.3) is 5.91 Å². The first-order chi connectivity index (χ1) is 9.47. The highest BCUT2D eigenvalue weighted by atomic mass is 79.9. The zero-order chi connectivity index (χ0) is 14.7. The molecule has 2 aromatic rings. The number of rotatable bonds is 3. The van der Waals surface area contributed by atoms with Crippen LogP contribution in [0.5, 0.6) is 0 Å². The van der Waals surface area contributed by atoms with Gasteiger partial charge in [-0.2, -0.15) is 0 Å². The fourth-order valence-corrected chi connectivity index (χ4v) is 1.78. The summed E-state index contributed by atoms with van der Waals surface area (Å²) in [4.78, 5) is 30.8. The van der Waals surface area contributed by atoms with Crippen LogP contribution in [0, 0.1) is 6.92 Å². The summed E-state index contributed by atoms with van der Waals surface area (Å²) in [5, 5.41) is 11.5. The summed E-state index contributed by atoms with van der Waals surface area (Å²) in [5.74, 6) is -1.13. The summed E-state index contributed by atoms with van der Waals surface area (Å²) >= 11 is 3.24. The highest BCUT2D eigenvalue weighted by Gasteiger charge is 2.13. The van der Waals surface area contributed by atoms with Crippen LogP contribution in [0.15, 0.2) is 34.9 Å². The second-order valence-electron chi connectivity index (χ2n) is 3.95. The van der Waals surface area contributed by atoms with Crippen LogP contribution in [-0.2, 0) is 0 Å². The number of halogens is 1. The molecule has 20 heavy (non-hydrogen) atoms. The third kappa shape index (κ3) is 3.18. The average molecular weight is 336 g/mol. The maximum Gasteiger partial charge on any atom is 0.337 e. The number of aromatic carboxylic acids is 1. The number of carbonyl (C=O) groups excluding carboxylic acids is 1. The van der Waals surface area contributed by atoms with E-state index in [1.54, 1.807) is 18.3 Å². The lowest BCUT2D eigenvalue weighted by atomic mass is 10.2. The number of carboxylic acid groups (broad SMARTS) is 1. The van der Waals surface area contributed by atoms with Crippen LogP contribution in [0.2, 0.25) is 0 Å². The maximum atomic E-state index is 12.0. The molecule has 0 aromatic carbocycles. The van der Waals surface area contributed by atoms with Crippen molar-refractivity contribution in [1.29, 1.82) is 0 Å². The van der Waals surface area contributed by atoms with Crippen molar-refractivity contribution in [2.75, 3.05) is 5.32 Å². The Balaban J connectivity index is 2.19. The molecule has 0 fully saturated rings. The van der Waals surface area contributed by atoms with Crippen LogP contribution in [0.25, 0.3) is 0 Å². The fraction of sp³-hybridized carbons (Fsp3) is 0.0769. The van der Waals surface area contributed by atoms with Crippen molar-refractivity contribution in [2.45, 2.75) is 6.92 Å². The molecular weight excluding hydrogens is 326 g/mol. The van der Waals surface area contributed by atoms with Gasteiger partial charge < -0.3 is 10.4 Å². The number of amides is 1. The standard InChI is InChI=1S/C13H10BrN3O3/c1-7-9(13(19)20)3-4-10(16-7)12(18)17-11-5-2-8(14)6-15-11/h2-6H,1H3,(H,19,20)(H,15,17,18). The zero-order valence-electron chi connectivity index (χ0n) is 10.4. The van der Waals surface area contributed by atoms with Gasteiger partial charge in [0.05, 0.1) is 11.3 Å². The number of nitrogens with one attached hydrogen (secondary N) is 1. The van der Waals surface area contributed by atoms with Crippen molar-refractivity contribution >= 4 is 33.6 Å². The number of nitrogens with zero attached hydrogens (tertiary/aromatic N) is 2. The summed E-state index contributed by atoms with van der Waals surface area (Å²) in [6.45, 7) is 1.54. The molecule has 0 aliphatic heterocycles. The molecule has 1 amide bonds. The van der Waals surface area contributed by atoms with E-state index in [2.05, 4.69) is 31.2 Å². The Bertz CT molecular complexity index is 671. The van der Waals surface area contributed by atoms with Crippen LogP contribution in [0.1, 0.15) is 26.5 Å². The Hall–Kier alpha value is -2.28. The fourth-order valence-electron chi connectivity index (χ4n) is 1.54. The molecule has 0 radical (unpaired) electrons. The van der Waals surface area contributed by atoms with Crippen molar-refractivity contribution in [3.8, 4) is 0 Å². The number of hydrogen-bond acceptors (Lipinski definition) is 4. The van der Waals surface area contributed by atoms with Gasteiger partial charge in [-0.25, -0.2) is 14.8 Å².